The van der Waals surface area contributed by atoms with Crippen LogP contribution < -0.4 is 5.32 Å². The van der Waals surface area contributed by atoms with Crippen LogP contribution in [-0.2, 0) is 0 Å². The second-order valence-corrected chi connectivity index (χ2v) is 4.94. The number of para-hydroxylation sites is 1. The number of aromatic nitrogens is 4. The third-order valence-electron chi connectivity index (χ3n) is 3.31. The first kappa shape index (κ1) is 14.2. The fourth-order valence-corrected chi connectivity index (χ4v) is 2.01. The number of hydrogen-bond donors (Lipinski definition) is 1. The zero-order valence-electron chi connectivity index (χ0n) is 12.2. The van der Waals surface area contributed by atoms with Crippen LogP contribution in [0.15, 0.2) is 18.2 Å². The molecule has 106 valence electrons. The number of tetrazole rings is 1. The van der Waals surface area contributed by atoms with E-state index in [9.17, 15) is 4.79 Å². The average molecular weight is 273 g/mol. The topological polar surface area (TPSA) is 72.7 Å². The summed E-state index contributed by atoms with van der Waals surface area (Å²) in [7, 11) is 0. The van der Waals surface area contributed by atoms with Gasteiger partial charge in [-0.2, -0.15) is 4.68 Å². The SMILES string of the molecule is CCC(C)NC(=O)c1nnnn1-c1c(C)cccc1C. The van der Waals surface area contributed by atoms with Gasteiger partial charge in [0.1, 0.15) is 0 Å². The Balaban J connectivity index is 2.41. The van der Waals surface area contributed by atoms with Crippen LogP contribution in [0.1, 0.15) is 42.0 Å². The Morgan fingerprint density at radius 1 is 1.35 bits per heavy atom. The molecular formula is C14H19N5O. The van der Waals surface area contributed by atoms with E-state index in [1.807, 2.05) is 45.9 Å². The lowest BCUT2D eigenvalue weighted by molar-refractivity contribution is 0.0926. The number of rotatable bonds is 4. The van der Waals surface area contributed by atoms with Crippen LogP contribution >= 0.6 is 0 Å². The highest BCUT2D eigenvalue weighted by Gasteiger charge is 2.19. The number of hydrogen-bond acceptors (Lipinski definition) is 4. The van der Waals surface area contributed by atoms with Crippen molar-refractivity contribution in [1.29, 1.82) is 0 Å². The Labute approximate surface area is 118 Å². The first-order valence-corrected chi connectivity index (χ1v) is 6.70. The van der Waals surface area contributed by atoms with Crippen molar-refractivity contribution >= 4 is 5.91 Å². The van der Waals surface area contributed by atoms with E-state index in [0.29, 0.717) is 0 Å². The zero-order valence-corrected chi connectivity index (χ0v) is 12.2. The second kappa shape index (κ2) is 5.81. The quantitative estimate of drug-likeness (QED) is 0.922. The molecular weight excluding hydrogens is 254 g/mol. The molecule has 2 rings (SSSR count). The molecule has 0 spiro atoms. The predicted octanol–water partition coefficient (Wildman–Crippen LogP) is 1.81. The third kappa shape index (κ3) is 2.68. The van der Waals surface area contributed by atoms with Crippen molar-refractivity contribution < 1.29 is 4.79 Å². The van der Waals surface area contributed by atoms with Gasteiger partial charge in [0.15, 0.2) is 0 Å². The molecule has 1 atom stereocenters. The molecule has 20 heavy (non-hydrogen) atoms. The Morgan fingerprint density at radius 2 is 2.00 bits per heavy atom. The van der Waals surface area contributed by atoms with E-state index in [2.05, 4.69) is 20.8 Å². The molecule has 0 bridgehead atoms. The molecule has 1 N–H and O–H groups in total. The van der Waals surface area contributed by atoms with Gasteiger partial charge in [-0.05, 0) is 48.7 Å². The smallest absolute Gasteiger partial charge is 0.291 e. The highest BCUT2D eigenvalue weighted by Crippen LogP contribution is 2.18. The Kier molecular flexibility index (Phi) is 4.12. The van der Waals surface area contributed by atoms with Crippen molar-refractivity contribution in [3.8, 4) is 5.69 Å². The summed E-state index contributed by atoms with van der Waals surface area (Å²) < 4.78 is 1.50. The lowest BCUT2D eigenvalue weighted by atomic mass is 10.1. The standard InChI is InChI=1S/C14H19N5O/c1-5-11(4)15-14(20)13-16-17-18-19(13)12-9(2)7-6-8-10(12)3/h6-8,11H,5H2,1-4H3,(H,15,20). The highest BCUT2D eigenvalue weighted by molar-refractivity contribution is 5.91. The lowest BCUT2D eigenvalue weighted by Gasteiger charge is -2.13. The van der Waals surface area contributed by atoms with Gasteiger partial charge in [-0.15, -0.1) is 5.10 Å². The minimum Gasteiger partial charge on any atom is -0.347 e. The summed E-state index contributed by atoms with van der Waals surface area (Å²) in [6.07, 6.45) is 0.858. The molecule has 1 heterocycles. The van der Waals surface area contributed by atoms with Gasteiger partial charge in [0, 0.05) is 6.04 Å². The molecule has 0 aliphatic heterocycles. The number of carbonyl (C=O) groups is 1. The van der Waals surface area contributed by atoms with Crippen LogP contribution in [-0.4, -0.2) is 32.2 Å². The summed E-state index contributed by atoms with van der Waals surface area (Å²) in [5.74, 6) is -0.0466. The second-order valence-electron chi connectivity index (χ2n) is 4.94. The van der Waals surface area contributed by atoms with E-state index in [4.69, 9.17) is 0 Å². The largest absolute Gasteiger partial charge is 0.347 e. The monoisotopic (exact) mass is 273 g/mol. The number of nitrogens with zero attached hydrogens (tertiary/aromatic N) is 4. The molecule has 1 unspecified atom stereocenters. The van der Waals surface area contributed by atoms with Crippen molar-refractivity contribution in [3.63, 3.8) is 0 Å². The Morgan fingerprint density at radius 3 is 2.60 bits per heavy atom. The number of amides is 1. The van der Waals surface area contributed by atoms with Crippen LogP contribution in [0, 0.1) is 13.8 Å². The zero-order chi connectivity index (χ0) is 14.7. The number of nitrogens with one attached hydrogen (secondary N) is 1. The van der Waals surface area contributed by atoms with Gasteiger partial charge >= 0.3 is 0 Å². The number of benzene rings is 1. The van der Waals surface area contributed by atoms with Gasteiger partial charge in [-0.3, -0.25) is 4.79 Å². The van der Waals surface area contributed by atoms with E-state index in [1.165, 1.54) is 4.68 Å². The summed E-state index contributed by atoms with van der Waals surface area (Å²) in [5.41, 5.74) is 2.90. The van der Waals surface area contributed by atoms with Gasteiger partial charge in [0.25, 0.3) is 5.91 Å². The maximum atomic E-state index is 12.2. The van der Waals surface area contributed by atoms with Crippen molar-refractivity contribution in [1.82, 2.24) is 25.5 Å². The number of aryl methyl sites for hydroxylation is 2. The molecule has 0 fully saturated rings. The van der Waals surface area contributed by atoms with E-state index in [-0.39, 0.29) is 17.8 Å². The molecule has 0 radical (unpaired) electrons. The van der Waals surface area contributed by atoms with E-state index < -0.39 is 0 Å². The third-order valence-corrected chi connectivity index (χ3v) is 3.31. The van der Waals surface area contributed by atoms with Crippen molar-refractivity contribution in [2.24, 2.45) is 0 Å². The van der Waals surface area contributed by atoms with Crippen molar-refractivity contribution in [3.05, 3.63) is 35.2 Å². The normalized spacial score (nSPS) is 12.2. The van der Waals surface area contributed by atoms with Crippen LogP contribution in [0.5, 0.6) is 0 Å². The summed E-state index contributed by atoms with van der Waals surface area (Å²) in [6, 6.07) is 6.00. The first-order chi connectivity index (χ1) is 9.54. The van der Waals surface area contributed by atoms with Gasteiger partial charge in [0.2, 0.25) is 5.82 Å². The summed E-state index contributed by atoms with van der Waals surface area (Å²) in [6.45, 7) is 7.91. The maximum absolute atomic E-state index is 12.2. The van der Waals surface area contributed by atoms with Crippen LogP contribution in [0.4, 0.5) is 0 Å². The summed E-state index contributed by atoms with van der Waals surface area (Å²) in [4.78, 5) is 12.2. The molecule has 2 aromatic rings. The highest BCUT2D eigenvalue weighted by atomic mass is 16.2. The van der Waals surface area contributed by atoms with Crippen LogP contribution in [0.25, 0.3) is 5.69 Å². The van der Waals surface area contributed by atoms with E-state index in [1.54, 1.807) is 0 Å². The first-order valence-electron chi connectivity index (χ1n) is 6.70. The molecule has 0 saturated heterocycles. The van der Waals surface area contributed by atoms with Gasteiger partial charge in [-0.1, -0.05) is 25.1 Å². The van der Waals surface area contributed by atoms with E-state index >= 15 is 0 Å². The van der Waals surface area contributed by atoms with Gasteiger partial charge in [-0.25, -0.2) is 0 Å². The summed E-state index contributed by atoms with van der Waals surface area (Å²) in [5, 5.41) is 14.3. The lowest BCUT2D eigenvalue weighted by Crippen LogP contribution is -2.34. The minimum absolute atomic E-state index is 0.0885. The van der Waals surface area contributed by atoms with Crippen molar-refractivity contribution in [2.75, 3.05) is 0 Å². The van der Waals surface area contributed by atoms with Crippen LogP contribution in [0.2, 0.25) is 0 Å². The number of carbonyl (C=O) groups excluding carboxylic acids is 1. The Bertz CT molecular complexity index is 600. The van der Waals surface area contributed by atoms with Gasteiger partial charge < -0.3 is 5.32 Å². The average Bonchev–Trinajstić information content (AvgIpc) is 2.87. The Hall–Kier alpha value is -2.24. The summed E-state index contributed by atoms with van der Waals surface area (Å²) >= 11 is 0. The molecule has 6 heteroatoms. The molecule has 0 aliphatic rings. The van der Waals surface area contributed by atoms with Crippen LogP contribution in [0.3, 0.4) is 0 Å². The molecule has 1 aromatic carbocycles. The predicted molar refractivity (Wildman–Crippen MR) is 75.8 cm³/mol. The molecule has 6 nitrogen and oxygen atoms in total. The molecule has 1 amide bonds. The minimum atomic E-state index is -0.257. The molecule has 1 aromatic heterocycles. The molecule has 0 saturated carbocycles. The fraction of sp³-hybridized carbons (Fsp3) is 0.429. The van der Waals surface area contributed by atoms with E-state index in [0.717, 1.165) is 23.2 Å². The molecule has 0 aliphatic carbocycles. The van der Waals surface area contributed by atoms with Gasteiger partial charge in [0.05, 0.1) is 5.69 Å². The fourth-order valence-electron chi connectivity index (χ4n) is 2.01. The van der Waals surface area contributed by atoms with Crippen molar-refractivity contribution in [2.45, 2.75) is 40.2 Å². The maximum Gasteiger partial charge on any atom is 0.291 e.